The molecule has 100 valence electrons. The van der Waals surface area contributed by atoms with Gasteiger partial charge in [-0.15, -0.1) is 0 Å². The Hall–Kier alpha value is -2.82. The number of aromatic amines is 1. The van der Waals surface area contributed by atoms with Crippen molar-refractivity contribution in [3.05, 3.63) is 68.9 Å². The Morgan fingerprint density at radius 2 is 1.90 bits per heavy atom. The van der Waals surface area contributed by atoms with Crippen molar-refractivity contribution >= 4 is 10.9 Å². The number of nitrogens with zero attached hydrogens (tertiary/aromatic N) is 1. The highest BCUT2D eigenvalue weighted by atomic mass is 16.3. The summed E-state index contributed by atoms with van der Waals surface area (Å²) in [5.74, 6) is -0.0163. The van der Waals surface area contributed by atoms with Crippen LogP contribution in [0.2, 0.25) is 0 Å². The maximum Gasteiger partial charge on any atom is 0.333 e. The summed E-state index contributed by atoms with van der Waals surface area (Å²) in [6, 6.07) is 11.4. The van der Waals surface area contributed by atoms with Gasteiger partial charge in [-0.3, -0.25) is 4.79 Å². The van der Waals surface area contributed by atoms with Crippen LogP contribution in [-0.2, 0) is 0 Å². The minimum Gasteiger partial charge on any atom is -0.508 e. The van der Waals surface area contributed by atoms with Crippen molar-refractivity contribution < 1.29 is 5.11 Å². The number of nitrogens with one attached hydrogen (secondary N) is 1. The third-order valence-electron chi connectivity index (χ3n) is 3.14. The van der Waals surface area contributed by atoms with E-state index in [0.717, 1.165) is 10.1 Å². The van der Waals surface area contributed by atoms with Crippen molar-refractivity contribution in [2.24, 2.45) is 0 Å². The monoisotopic (exact) mass is 268 g/mol. The van der Waals surface area contributed by atoms with Crippen molar-refractivity contribution in [1.29, 1.82) is 0 Å². The molecule has 3 aromatic rings. The van der Waals surface area contributed by atoms with E-state index in [9.17, 15) is 14.7 Å². The molecule has 0 atom stereocenters. The molecule has 0 saturated carbocycles. The molecule has 1 aromatic heterocycles. The van der Waals surface area contributed by atoms with Gasteiger partial charge in [-0.2, -0.15) is 0 Å². The third kappa shape index (κ3) is 1.89. The number of fused-ring (bicyclic) bond motifs is 1. The predicted molar refractivity (Wildman–Crippen MR) is 76.6 cm³/mol. The van der Waals surface area contributed by atoms with Crippen molar-refractivity contribution in [3.8, 4) is 11.4 Å². The number of hydrogen-bond acceptors (Lipinski definition) is 3. The van der Waals surface area contributed by atoms with Crippen LogP contribution >= 0.6 is 0 Å². The summed E-state index contributed by atoms with van der Waals surface area (Å²) in [5.41, 5.74) is 0.900. The Morgan fingerprint density at radius 1 is 1.10 bits per heavy atom. The molecule has 3 rings (SSSR count). The topological polar surface area (TPSA) is 75.1 Å². The number of aromatic hydroxyl groups is 1. The molecule has 0 radical (unpaired) electrons. The minimum absolute atomic E-state index is 0.0163. The third-order valence-corrected chi connectivity index (χ3v) is 3.14. The summed E-state index contributed by atoms with van der Waals surface area (Å²) in [6.07, 6.45) is 0. The number of H-pyrrole nitrogens is 1. The lowest BCUT2D eigenvalue weighted by molar-refractivity contribution is 0.476. The average molecular weight is 268 g/mol. The van der Waals surface area contributed by atoms with Gasteiger partial charge in [0.25, 0.3) is 5.56 Å². The maximum atomic E-state index is 12.4. The SMILES string of the molecule is Cc1cccc(-n2c(=O)[nH]c3ccc(O)cc3c2=O)c1. The van der Waals surface area contributed by atoms with Crippen molar-refractivity contribution in [3.63, 3.8) is 0 Å². The van der Waals surface area contributed by atoms with E-state index >= 15 is 0 Å². The Kier molecular flexibility index (Phi) is 2.68. The van der Waals surface area contributed by atoms with Crippen molar-refractivity contribution in [2.45, 2.75) is 6.92 Å². The average Bonchev–Trinajstić information content (AvgIpc) is 2.40. The molecule has 2 N–H and O–H groups in total. The van der Waals surface area contributed by atoms with Gasteiger partial charge < -0.3 is 10.1 Å². The first kappa shape index (κ1) is 12.2. The highest BCUT2D eigenvalue weighted by Gasteiger charge is 2.10. The number of phenols is 1. The highest BCUT2D eigenvalue weighted by molar-refractivity contribution is 5.79. The van der Waals surface area contributed by atoms with Crippen LogP contribution in [0.1, 0.15) is 5.56 Å². The van der Waals surface area contributed by atoms with Gasteiger partial charge in [0.2, 0.25) is 0 Å². The second-order valence-electron chi connectivity index (χ2n) is 4.64. The molecule has 0 aliphatic carbocycles. The first-order valence-electron chi connectivity index (χ1n) is 6.11. The van der Waals surface area contributed by atoms with E-state index in [1.165, 1.54) is 18.2 Å². The van der Waals surface area contributed by atoms with E-state index in [-0.39, 0.29) is 11.1 Å². The van der Waals surface area contributed by atoms with E-state index in [1.54, 1.807) is 18.2 Å². The van der Waals surface area contributed by atoms with Crippen LogP contribution in [0.15, 0.2) is 52.1 Å². The minimum atomic E-state index is -0.501. The van der Waals surface area contributed by atoms with Gasteiger partial charge >= 0.3 is 5.69 Å². The molecule has 5 nitrogen and oxygen atoms in total. The van der Waals surface area contributed by atoms with Gasteiger partial charge in [-0.05, 0) is 42.8 Å². The Balaban J connectivity index is 2.42. The Bertz CT molecular complexity index is 922. The van der Waals surface area contributed by atoms with E-state index in [0.29, 0.717) is 11.2 Å². The van der Waals surface area contributed by atoms with E-state index in [4.69, 9.17) is 0 Å². The molecule has 0 fully saturated rings. The van der Waals surface area contributed by atoms with Gasteiger partial charge in [-0.1, -0.05) is 12.1 Å². The molecule has 5 heteroatoms. The first-order chi connectivity index (χ1) is 9.56. The molecule has 2 aromatic carbocycles. The molecule has 20 heavy (non-hydrogen) atoms. The second kappa shape index (κ2) is 4.38. The highest BCUT2D eigenvalue weighted by Crippen LogP contribution is 2.14. The largest absolute Gasteiger partial charge is 0.508 e. The Morgan fingerprint density at radius 3 is 2.65 bits per heavy atom. The molecule has 0 bridgehead atoms. The zero-order valence-electron chi connectivity index (χ0n) is 10.8. The summed E-state index contributed by atoms with van der Waals surface area (Å²) >= 11 is 0. The number of rotatable bonds is 1. The molecule has 0 amide bonds. The lowest BCUT2D eigenvalue weighted by Gasteiger charge is -2.07. The standard InChI is InChI=1S/C15H12N2O3/c1-9-3-2-4-10(7-9)17-14(19)12-8-11(18)5-6-13(12)16-15(17)20/h2-8,18H,1H3,(H,16,20). The van der Waals surface area contributed by atoms with Gasteiger partial charge in [0.15, 0.2) is 0 Å². The molecule has 0 unspecified atom stereocenters. The Labute approximate surface area is 113 Å². The maximum absolute atomic E-state index is 12.4. The number of phenolic OH excluding ortho intramolecular Hbond substituents is 1. The van der Waals surface area contributed by atoms with Gasteiger partial charge in [0.05, 0.1) is 16.6 Å². The van der Waals surface area contributed by atoms with Crippen LogP contribution in [0.5, 0.6) is 5.75 Å². The van der Waals surface area contributed by atoms with Crippen molar-refractivity contribution in [2.75, 3.05) is 0 Å². The fourth-order valence-electron chi connectivity index (χ4n) is 2.20. The number of aromatic nitrogens is 2. The van der Waals surface area contributed by atoms with Crippen molar-refractivity contribution in [1.82, 2.24) is 9.55 Å². The van der Waals surface area contributed by atoms with Gasteiger partial charge in [-0.25, -0.2) is 9.36 Å². The molecular formula is C15H12N2O3. The molecule has 0 spiro atoms. The molecular weight excluding hydrogens is 256 g/mol. The normalized spacial score (nSPS) is 10.8. The summed E-state index contributed by atoms with van der Waals surface area (Å²) < 4.78 is 1.06. The molecule has 0 aliphatic rings. The summed E-state index contributed by atoms with van der Waals surface area (Å²) in [7, 11) is 0. The number of aryl methyl sites for hydroxylation is 1. The predicted octanol–water partition coefficient (Wildman–Crippen LogP) is 1.69. The van der Waals surface area contributed by atoms with Gasteiger partial charge in [0.1, 0.15) is 5.75 Å². The number of hydrogen-bond donors (Lipinski definition) is 2. The van der Waals surface area contributed by atoms with E-state index in [1.807, 2.05) is 13.0 Å². The lowest BCUT2D eigenvalue weighted by Crippen LogP contribution is -2.33. The van der Waals surface area contributed by atoms with Crippen LogP contribution in [0, 0.1) is 6.92 Å². The number of benzene rings is 2. The zero-order chi connectivity index (χ0) is 14.3. The molecule has 1 heterocycles. The lowest BCUT2D eigenvalue weighted by atomic mass is 10.2. The second-order valence-corrected chi connectivity index (χ2v) is 4.64. The zero-order valence-corrected chi connectivity index (χ0v) is 10.8. The quantitative estimate of drug-likeness (QED) is 0.705. The fraction of sp³-hybridized carbons (Fsp3) is 0.0667. The van der Waals surface area contributed by atoms with Crippen LogP contribution in [-0.4, -0.2) is 14.7 Å². The van der Waals surface area contributed by atoms with Crippen LogP contribution in [0.4, 0.5) is 0 Å². The smallest absolute Gasteiger partial charge is 0.333 e. The van der Waals surface area contributed by atoms with Crippen LogP contribution < -0.4 is 11.2 Å². The first-order valence-corrected chi connectivity index (χ1v) is 6.11. The fourth-order valence-corrected chi connectivity index (χ4v) is 2.20. The van der Waals surface area contributed by atoms with E-state index in [2.05, 4.69) is 4.98 Å². The summed E-state index contributed by atoms with van der Waals surface area (Å²) in [6.45, 7) is 1.88. The van der Waals surface area contributed by atoms with Crippen LogP contribution in [0.3, 0.4) is 0 Å². The van der Waals surface area contributed by atoms with E-state index < -0.39 is 11.2 Å². The molecule has 0 aliphatic heterocycles. The summed E-state index contributed by atoms with van der Waals surface area (Å²) in [4.78, 5) is 27.2. The van der Waals surface area contributed by atoms with Gasteiger partial charge in [0, 0.05) is 0 Å². The molecule has 0 saturated heterocycles. The van der Waals surface area contributed by atoms with Crippen LogP contribution in [0.25, 0.3) is 16.6 Å². The summed E-state index contributed by atoms with van der Waals surface area (Å²) in [5, 5.41) is 9.76.